The molecule has 0 heterocycles. The first-order valence-electron chi connectivity index (χ1n) is 2.14. The van der Waals surface area contributed by atoms with Crippen molar-refractivity contribution in [1.82, 2.24) is 0 Å². The molecule has 7 heavy (non-hydrogen) atoms. The summed E-state index contributed by atoms with van der Waals surface area (Å²) in [5, 5.41) is 0. The monoisotopic (exact) mass is 167 g/mol. The third kappa shape index (κ3) is 4.25. The van der Waals surface area contributed by atoms with Gasteiger partial charge in [-0.3, -0.25) is 0 Å². The van der Waals surface area contributed by atoms with Gasteiger partial charge >= 0.3 is 0 Å². The van der Waals surface area contributed by atoms with Gasteiger partial charge in [-0.2, -0.15) is 0 Å². The van der Waals surface area contributed by atoms with Crippen LogP contribution in [0.4, 0.5) is 0 Å². The minimum absolute atomic E-state index is 0.317. The van der Waals surface area contributed by atoms with E-state index in [0.717, 1.165) is 0 Å². The Bertz CT molecular complexity index is 42.7. The molecule has 1 atom stereocenters. The number of hydrogen-bond acceptors (Lipinski definition) is 2. The lowest BCUT2D eigenvalue weighted by atomic mass is 10.5. The molecule has 0 saturated heterocycles. The summed E-state index contributed by atoms with van der Waals surface area (Å²) in [6.07, 6.45) is 0. The maximum atomic E-state index is 5.23. The van der Waals surface area contributed by atoms with E-state index in [0.29, 0.717) is 18.0 Å². The number of halogens is 1. The van der Waals surface area contributed by atoms with Crippen molar-refractivity contribution in [2.45, 2.75) is 4.83 Å². The van der Waals surface area contributed by atoms with Crippen molar-refractivity contribution in [3.05, 3.63) is 0 Å². The predicted octanol–water partition coefficient (Wildman–Crippen LogP) is 0.355. The molecule has 0 rings (SSSR count). The van der Waals surface area contributed by atoms with E-state index < -0.39 is 0 Å². The molecule has 0 bridgehead atoms. The minimum atomic E-state index is 0.317. The van der Waals surface area contributed by atoms with Crippen LogP contribution in [0.2, 0.25) is 0 Å². The second-order valence-corrected chi connectivity index (χ2v) is 2.58. The van der Waals surface area contributed by atoms with Gasteiger partial charge < -0.3 is 10.5 Å². The van der Waals surface area contributed by atoms with Crippen LogP contribution in [0.25, 0.3) is 0 Å². The molecular formula is C4H10BrNO. The molecule has 0 amide bonds. The van der Waals surface area contributed by atoms with E-state index in [1.54, 1.807) is 7.11 Å². The van der Waals surface area contributed by atoms with Crippen LogP contribution in [0.15, 0.2) is 0 Å². The van der Waals surface area contributed by atoms with E-state index in [4.69, 9.17) is 10.5 Å². The van der Waals surface area contributed by atoms with Crippen molar-refractivity contribution >= 4 is 15.9 Å². The third-order valence-corrected chi connectivity index (χ3v) is 1.24. The van der Waals surface area contributed by atoms with Crippen molar-refractivity contribution in [1.29, 1.82) is 0 Å². The van der Waals surface area contributed by atoms with Crippen LogP contribution in [0.1, 0.15) is 0 Å². The van der Waals surface area contributed by atoms with Crippen LogP contribution in [0.5, 0.6) is 0 Å². The molecule has 1 unspecified atom stereocenters. The number of alkyl halides is 1. The Morgan fingerprint density at radius 3 is 2.57 bits per heavy atom. The molecule has 0 aromatic heterocycles. The molecule has 0 spiro atoms. The molecule has 44 valence electrons. The van der Waals surface area contributed by atoms with Crippen molar-refractivity contribution in [3.63, 3.8) is 0 Å². The van der Waals surface area contributed by atoms with Crippen molar-refractivity contribution in [2.24, 2.45) is 5.73 Å². The van der Waals surface area contributed by atoms with Gasteiger partial charge in [0.15, 0.2) is 0 Å². The average molecular weight is 168 g/mol. The Morgan fingerprint density at radius 1 is 1.86 bits per heavy atom. The highest BCUT2D eigenvalue weighted by Crippen LogP contribution is 1.94. The fourth-order valence-corrected chi connectivity index (χ4v) is 0.513. The standard InChI is InChI=1S/C4H10BrNO/c1-7-3-4(5)2-6/h4H,2-3,6H2,1H3. The van der Waals surface area contributed by atoms with Crippen LogP contribution < -0.4 is 5.73 Å². The summed E-state index contributed by atoms with van der Waals surface area (Å²) in [5.74, 6) is 0. The molecule has 0 radical (unpaired) electrons. The van der Waals surface area contributed by atoms with E-state index in [1.165, 1.54) is 0 Å². The van der Waals surface area contributed by atoms with Crippen molar-refractivity contribution < 1.29 is 4.74 Å². The number of methoxy groups -OCH3 is 1. The normalized spacial score (nSPS) is 14.1. The summed E-state index contributed by atoms with van der Waals surface area (Å²) in [4.78, 5) is 0.317. The lowest BCUT2D eigenvalue weighted by molar-refractivity contribution is 0.202. The fourth-order valence-electron chi connectivity index (χ4n) is 0.249. The van der Waals surface area contributed by atoms with E-state index >= 15 is 0 Å². The first-order valence-corrected chi connectivity index (χ1v) is 3.06. The molecule has 0 fully saturated rings. The van der Waals surface area contributed by atoms with Gasteiger partial charge in [0.25, 0.3) is 0 Å². The highest BCUT2D eigenvalue weighted by atomic mass is 79.9. The lowest BCUT2D eigenvalue weighted by Gasteiger charge is -2.01. The summed E-state index contributed by atoms with van der Waals surface area (Å²) in [5.41, 5.74) is 5.23. The summed E-state index contributed by atoms with van der Waals surface area (Å²) < 4.78 is 4.77. The van der Waals surface area contributed by atoms with Gasteiger partial charge in [0.05, 0.1) is 11.4 Å². The Labute approximate surface area is 52.2 Å². The summed E-state index contributed by atoms with van der Waals surface area (Å²) in [7, 11) is 1.66. The second-order valence-electron chi connectivity index (χ2n) is 1.29. The van der Waals surface area contributed by atoms with Gasteiger partial charge in [0.1, 0.15) is 0 Å². The molecule has 2 nitrogen and oxygen atoms in total. The maximum Gasteiger partial charge on any atom is 0.0599 e. The Morgan fingerprint density at radius 2 is 2.43 bits per heavy atom. The van der Waals surface area contributed by atoms with Gasteiger partial charge in [0.2, 0.25) is 0 Å². The zero-order valence-corrected chi connectivity index (χ0v) is 5.94. The summed E-state index contributed by atoms with van der Waals surface area (Å²) in [6, 6.07) is 0. The summed E-state index contributed by atoms with van der Waals surface area (Å²) >= 11 is 3.29. The zero-order valence-electron chi connectivity index (χ0n) is 4.36. The van der Waals surface area contributed by atoms with Crippen molar-refractivity contribution in [3.8, 4) is 0 Å². The van der Waals surface area contributed by atoms with E-state index in [1.807, 2.05) is 0 Å². The molecule has 0 saturated carbocycles. The van der Waals surface area contributed by atoms with Crippen LogP contribution in [0, 0.1) is 0 Å². The van der Waals surface area contributed by atoms with Crippen LogP contribution in [-0.2, 0) is 4.74 Å². The third-order valence-electron chi connectivity index (χ3n) is 0.603. The molecule has 3 heteroatoms. The fraction of sp³-hybridized carbons (Fsp3) is 1.00. The van der Waals surface area contributed by atoms with E-state index in [2.05, 4.69) is 15.9 Å². The van der Waals surface area contributed by atoms with E-state index in [-0.39, 0.29) is 0 Å². The smallest absolute Gasteiger partial charge is 0.0599 e. The van der Waals surface area contributed by atoms with Crippen LogP contribution >= 0.6 is 15.9 Å². The first kappa shape index (κ1) is 7.40. The van der Waals surface area contributed by atoms with Crippen LogP contribution in [-0.4, -0.2) is 25.1 Å². The highest BCUT2D eigenvalue weighted by molar-refractivity contribution is 9.09. The molecule has 0 aliphatic rings. The van der Waals surface area contributed by atoms with Gasteiger partial charge in [0, 0.05) is 13.7 Å². The van der Waals surface area contributed by atoms with Crippen molar-refractivity contribution in [2.75, 3.05) is 20.3 Å². The number of nitrogens with two attached hydrogens (primary N) is 1. The van der Waals surface area contributed by atoms with Gasteiger partial charge in [-0.05, 0) is 0 Å². The Balaban J connectivity index is 2.83. The Hall–Kier alpha value is 0.400. The molecule has 0 aromatic rings. The lowest BCUT2D eigenvalue weighted by Crippen LogP contribution is -2.18. The molecule has 0 aliphatic carbocycles. The van der Waals surface area contributed by atoms with E-state index in [9.17, 15) is 0 Å². The SMILES string of the molecule is COCC(Br)CN. The van der Waals surface area contributed by atoms with Gasteiger partial charge in [-0.15, -0.1) is 0 Å². The number of hydrogen-bond donors (Lipinski definition) is 1. The second kappa shape index (κ2) is 4.56. The minimum Gasteiger partial charge on any atom is -0.383 e. The number of ether oxygens (including phenoxy) is 1. The highest BCUT2D eigenvalue weighted by Gasteiger charge is 1.95. The van der Waals surface area contributed by atoms with Gasteiger partial charge in [-0.25, -0.2) is 0 Å². The molecule has 2 N–H and O–H groups in total. The topological polar surface area (TPSA) is 35.2 Å². The zero-order chi connectivity index (χ0) is 5.70. The molecule has 0 aromatic carbocycles. The average Bonchev–Trinajstić information content (AvgIpc) is 1.68. The van der Waals surface area contributed by atoms with Gasteiger partial charge in [-0.1, -0.05) is 15.9 Å². The largest absolute Gasteiger partial charge is 0.383 e. The number of rotatable bonds is 3. The summed E-state index contributed by atoms with van der Waals surface area (Å²) in [6.45, 7) is 1.32. The predicted molar refractivity (Wildman–Crippen MR) is 33.6 cm³/mol. The quantitative estimate of drug-likeness (QED) is 0.617. The maximum absolute atomic E-state index is 5.23. The molecular weight excluding hydrogens is 158 g/mol. The Kier molecular flexibility index (Phi) is 4.82. The van der Waals surface area contributed by atoms with Crippen LogP contribution in [0.3, 0.4) is 0 Å². The first-order chi connectivity index (χ1) is 3.31. The molecule has 0 aliphatic heterocycles.